The van der Waals surface area contributed by atoms with E-state index in [2.05, 4.69) is 5.32 Å². The summed E-state index contributed by atoms with van der Waals surface area (Å²) in [6.45, 7) is 1.82. The minimum atomic E-state index is -0.301. The van der Waals surface area contributed by atoms with E-state index in [1.165, 1.54) is 4.90 Å². The Balaban J connectivity index is 1.89. The third kappa shape index (κ3) is 3.48. The van der Waals surface area contributed by atoms with E-state index in [-0.39, 0.29) is 18.5 Å². The SMILES string of the molecule is COc1cccc(CN(C)CC(=O)N2CCNC2=O)c1. The third-order valence-corrected chi connectivity index (χ3v) is 3.15. The molecule has 6 nitrogen and oxygen atoms in total. The highest BCUT2D eigenvalue weighted by molar-refractivity contribution is 5.96. The average molecular weight is 277 g/mol. The number of hydrogen-bond donors (Lipinski definition) is 1. The van der Waals surface area contributed by atoms with Crippen LogP contribution in [0.2, 0.25) is 0 Å². The second kappa shape index (κ2) is 6.38. The molecule has 1 aliphatic rings. The maximum atomic E-state index is 12.0. The molecule has 1 aromatic rings. The van der Waals surface area contributed by atoms with Crippen molar-refractivity contribution in [1.82, 2.24) is 15.1 Å². The highest BCUT2D eigenvalue weighted by atomic mass is 16.5. The van der Waals surface area contributed by atoms with E-state index in [9.17, 15) is 9.59 Å². The zero-order valence-electron chi connectivity index (χ0n) is 11.8. The van der Waals surface area contributed by atoms with Crippen molar-refractivity contribution in [2.75, 3.05) is 33.8 Å². The lowest BCUT2D eigenvalue weighted by molar-refractivity contribution is -0.128. The number of nitrogens with one attached hydrogen (secondary N) is 1. The van der Waals surface area contributed by atoms with Crippen LogP contribution in [-0.4, -0.2) is 55.5 Å². The predicted molar refractivity (Wildman–Crippen MR) is 74.4 cm³/mol. The van der Waals surface area contributed by atoms with Crippen LogP contribution < -0.4 is 10.1 Å². The molecule has 1 saturated heterocycles. The van der Waals surface area contributed by atoms with Gasteiger partial charge in [0.25, 0.3) is 0 Å². The Morgan fingerprint density at radius 1 is 1.50 bits per heavy atom. The van der Waals surface area contributed by atoms with E-state index < -0.39 is 0 Å². The number of imide groups is 1. The van der Waals surface area contributed by atoms with Gasteiger partial charge in [0.1, 0.15) is 5.75 Å². The number of amides is 3. The molecule has 108 valence electrons. The number of hydrogen-bond acceptors (Lipinski definition) is 4. The van der Waals surface area contributed by atoms with Gasteiger partial charge >= 0.3 is 6.03 Å². The summed E-state index contributed by atoms with van der Waals surface area (Å²) in [5.41, 5.74) is 1.06. The molecule has 0 bridgehead atoms. The molecule has 0 saturated carbocycles. The summed E-state index contributed by atoms with van der Waals surface area (Å²) in [4.78, 5) is 26.5. The molecule has 1 heterocycles. The van der Waals surface area contributed by atoms with Crippen molar-refractivity contribution in [3.05, 3.63) is 29.8 Å². The number of ether oxygens (including phenoxy) is 1. The van der Waals surface area contributed by atoms with Gasteiger partial charge in [-0.3, -0.25) is 14.6 Å². The van der Waals surface area contributed by atoms with Gasteiger partial charge in [-0.2, -0.15) is 0 Å². The number of benzene rings is 1. The summed E-state index contributed by atoms with van der Waals surface area (Å²) in [5.74, 6) is 0.617. The van der Waals surface area contributed by atoms with E-state index in [1.807, 2.05) is 36.2 Å². The molecule has 0 aromatic heterocycles. The van der Waals surface area contributed by atoms with Crippen LogP contribution in [0.25, 0.3) is 0 Å². The average Bonchev–Trinajstić information content (AvgIpc) is 2.85. The molecule has 1 aromatic carbocycles. The van der Waals surface area contributed by atoms with Gasteiger partial charge in [-0.15, -0.1) is 0 Å². The Labute approximate surface area is 118 Å². The smallest absolute Gasteiger partial charge is 0.324 e. The molecule has 3 amide bonds. The summed E-state index contributed by atoms with van der Waals surface area (Å²) in [6.07, 6.45) is 0. The van der Waals surface area contributed by atoms with Gasteiger partial charge in [0.15, 0.2) is 0 Å². The lowest BCUT2D eigenvalue weighted by atomic mass is 10.2. The van der Waals surface area contributed by atoms with Crippen molar-refractivity contribution in [2.45, 2.75) is 6.54 Å². The van der Waals surface area contributed by atoms with Crippen LogP contribution >= 0.6 is 0 Å². The molecule has 0 atom stereocenters. The molecule has 20 heavy (non-hydrogen) atoms. The fourth-order valence-electron chi connectivity index (χ4n) is 2.16. The number of nitrogens with zero attached hydrogens (tertiary/aromatic N) is 2. The van der Waals surface area contributed by atoms with Crippen LogP contribution in [0.1, 0.15) is 5.56 Å². The summed E-state index contributed by atoms with van der Waals surface area (Å²) in [5, 5.41) is 2.62. The van der Waals surface area contributed by atoms with Gasteiger partial charge in [0.2, 0.25) is 5.91 Å². The molecule has 1 fully saturated rings. The first-order valence-corrected chi connectivity index (χ1v) is 6.50. The molecule has 0 aliphatic carbocycles. The Bertz CT molecular complexity index is 504. The predicted octanol–water partition coefficient (Wildman–Crippen LogP) is 0.679. The molecule has 1 aliphatic heterocycles. The van der Waals surface area contributed by atoms with Crippen LogP contribution in [0.15, 0.2) is 24.3 Å². The van der Waals surface area contributed by atoms with Gasteiger partial charge in [-0.25, -0.2) is 4.79 Å². The van der Waals surface area contributed by atoms with Crippen molar-refractivity contribution >= 4 is 11.9 Å². The Kier molecular flexibility index (Phi) is 4.57. The Hall–Kier alpha value is -2.08. The van der Waals surface area contributed by atoms with E-state index in [4.69, 9.17) is 4.74 Å². The summed E-state index contributed by atoms with van der Waals surface area (Å²) in [6, 6.07) is 7.40. The maximum Gasteiger partial charge on any atom is 0.324 e. The van der Waals surface area contributed by atoms with E-state index in [0.29, 0.717) is 19.6 Å². The first-order valence-electron chi connectivity index (χ1n) is 6.50. The lowest BCUT2D eigenvalue weighted by Gasteiger charge is -2.19. The molecule has 0 unspecified atom stereocenters. The van der Waals surface area contributed by atoms with Gasteiger partial charge in [0, 0.05) is 19.6 Å². The highest BCUT2D eigenvalue weighted by Crippen LogP contribution is 2.13. The van der Waals surface area contributed by atoms with Crippen LogP contribution in [0, 0.1) is 0 Å². The van der Waals surface area contributed by atoms with Crippen molar-refractivity contribution in [3.63, 3.8) is 0 Å². The number of urea groups is 1. The standard InChI is InChI=1S/C14H19N3O3/c1-16(9-11-4-3-5-12(8-11)20-2)10-13(18)17-7-6-15-14(17)19/h3-5,8H,6-7,9-10H2,1-2H3,(H,15,19). The highest BCUT2D eigenvalue weighted by Gasteiger charge is 2.26. The third-order valence-electron chi connectivity index (χ3n) is 3.15. The summed E-state index contributed by atoms with van der Waals surface area (Å²) >= 11 is 0. The van der Waals surface area contributed by atoms with Crippen LogP contribution in [0.5, 0.6) is 5.75 Å². The minimum absolute atomic E-state index is 0.176. The van der Waals surface area contributed by atoms with Crippen LogP contribution in [-0.2, 0) is 11.3 Å². The van der Waals surface area contributed by atoms with Crippen molar-refractivity contribution in [2.24, 2.45) is 0 Å². The lowest BCUT2D eigenvalue weighted by Crippen LogP contribution is -2.40. The minimum Gasteiger partial charge on any atom is -0.497 e. The number of likely N-dealkylation sites (N-methyl/N-ethyl adjacent to an activating group) is 1. The van der Waals surface area contributed by atoms with E-state index >= 15 is 0 Å². The summed E-state index contributed by atoms with van der Waals surface area (Å²) in [7, 11) is 3.48. The number of rotatable bonds is 5. The fraction of sp³-hybridized carbons (Fsp3) is 0.429. The molecule has 0 spiro atoms. The maximum absolute atomic E-state index is 12.0. The number of carbonyl (C=O) groups is 2. The first-order chi connectivity index (χ1) is 9.60. The number of carbonyl (C=O) groups excluding carboxylic acids is 2. The van der Waals surface area contributed by atoms with Crippen molar-refractivity contribution < 1.29 is 14.3 Å². The normalized spacial score (nSPS) is 14.6. The molecule has 1 N–H and O–H groups in total. The Morgan fingerprint density at radius 2 is 2.30 bits per heavy atom. The molecular formula is C14H19N3O3. The van der Waals surface area contributed by atoms with E-state index in [1.54, 1.807) is 7.11 Å². The Morgan fingerprint density at radius 3 is 2.95 bits per heavy atom. The molecule has 6 heteroatoms. The topological polar surface area (TPSA) is 61.9 Å². The van der Waals surface area contributed by atoms with Crippen molar-refractivity contribution in [3.8, 4) is 5.75 Å². The van der Waals surface area contributed by atoms with Gasteiger partial charge < -0.3 is 10.1 Å². The quantitative estimate of drug-likeness (QED) is 0.859. The summed E-state index contributed by atoms with van der Waals surface area (Å²) < 4.78 is 5.17. The van der Waals surface area contributed by atoms with Gasteiger partial charge in [0.05, 0.1) is 13.7 Å². The second-order valence-electron chi connectivity index (χ2n) is 4.80. The second-order valence-corrected chi connectivity index (χ2v) is 4.80. The largest absolute Gasteiger partial charge is 0.497 e. The van der Waals surface area contributed by atoms with Gasteiger partial charge in [-0.05, 0) is 24.7 Å². The van der Waals surface area contributed by atoms with E-state index in [0.717, 1.165) is 11.3 Å². The number of methoxy groups -OCH3 is 1. The van der Waals surface area contributed by atoms with Gasteiger partial charge in [-0.1, -0.05) is 12.1 Å². The molecule has 0 radical (unpaired) electrons. The van der Waals surface area contributed by atoms with Crippen LogP contribution in [0.3, 0.4) is 0 Å². The zero-order chi connectivity index (χ0) is 14.5. The monoisotopic (exact) mass is 277 g/mol. The van der Waals surface area contributed by atoms with Crippen molar-refractivity contribution in [1.29, 1.82) is 0 Å². The zero-order valence-corrected chi connectivity index (χ0v) is 11.8. The molecular weight excluding hydrogens is 258 g/mol. The molecule has 2 rings (SSSR count). The van der Waals surface area contributed by atoms with Crippen LogP contribution in [0.4, 0.5) is 4.79 Å². The first kappa shape index (κ1) is 14.3. The fourth-order valence-corrected chi connectivity index (χ4v) is 2.16.